The van der Waals surface area contributed by atoms with Crippen molar-refractivity contribution in [3.63, 3.8) is 0 Å². The van der Waals surface area contributed by atoms with Gasteiger partial charge in [-0.1, -0.05) is 13.8 Å². The second-order valence-electron chi connectivity index (χ2n) is 7.92. The van der Waals surface area contributed by atoms with Gasteiger partial charge in [-0.25, -0.2) is 14.0 Å². The zero-order valence-electron chi connectivity index (χ0n) is 16.7. The van der Waals surface area contributed by atoms with E-state index in [-0.39, 0.29) is 27.0 Å². The Morgan fingerprint density at radius 3 is 2.69 bits per heavy atom. The number of hydroxylamine groups is 1. The van der Waals surface area contributed by atoms with Crippen LogP contribution in [0, 0.1) is 11.2 Å². The maximum Gasteiger partial charge on any atom is 0.202 e. The average molecular weight is 470 g/mol. The summed E-state index contributed by atoms with van der Waals surface area (Å²) >= 11 is 3.10. The van der Waals surface area contributed by atoms with Gasteiger partial charge in [0.2, 0.25) is 5.82 Å². The number of nitrogens with two attached hydrogens (primary N) is 1. The predicted octanol–water partition coefficient (Wildman–Crippen LogP) is 3.62. The van der Waals surface area contributed by atoms with Gasteiger partial charge < -0.3 is 11.1 Å². The Hall–Kier alpha value is -2.53. The van der Waals surface area contributed by atoms with Crippen molar-refractivity contribution in [2.24, 2.45) is 21.1 Å². The lowest BCUT2D eigenvalue weighted by molar-refractivity contribution is 0.234. The van der Waals surface area contributed by atoms with E-state index >= 15 is 0 Å². The third-order valence-corrected chi connectivity index (χ3v) is 4.64. The number of hydrogen-bond acceptors (Lipinski definition) is 7. The SMILES string of the molecule is CC(C)(CNc1nonc1C(=Nc1ccc(F)c(Br)c1)NO)CC(C)(C)N=CN. The Bertz CT molecular complexity index is 896. The number of benzene rings is 1. The number of nitrogens with zero attached hydrogens (tertiary/aromatic N) is 4. The van der Waals surface area contributed by atoms with E-state index in [1.807, 2.05) is 19.3 Å². The first-order valence-electron chi connectivity index (χ1n) is 8.83. The third kappa shape index (κ3) is 6.50. The highest BCUT2D eigenvalue weighted by atomic mass is 79.9. The van der Waals surface area contributed by atoms with Crippen molar-refractivity contribution in [3.05, 3.63) is 34.2 Å². The highest BCUT2D eigenvalue weighted by Gasteiger charge is 2.29. The molecule has 5 N–H and O–H groups in total. The number of nitrogens with one attached hydrogen (secondary N) is 2. The van der Waals surface area contributed by atoms with E-state index in [9.17, 15) is 9.60 Å². The standard InChI is InChI=1S/C18H25BrFN7O2/c1-17(2,8-18(3,4)23-10-21)9-22-15-14(26-29-27-15)16(25-28)24-11-5-6-13(20)12(19)7-11/h5-7,10,28H,8-9H2,1-4H3,(H2,21,23)(H,22,27)(H,24,25). The fourth-order valence-corrected chi connectivity index (χ4v) is 3.45. The molecule has 0 bridgehead atoms. The van der Waals surface area contributed by atoms with Crippen molar-refractivity contribution in [1.82, 2.24) is 15.8 Å². The second-order valence-corrected chi connectivity index (χ2v) is 8.77. The summed E-state index contributed by atoms with van der Waals surface area (Å²) in [5.74, 6) is -0.116. The minimum Gasteiger partial charge on any atom is -0.390 e. The van der Waals surface area contributed by atoms with Crippen LogP contribution in [-0.4, -0.2) is 39.8 Å². The third-order valence-electron chi connectivity index (χ3n) is 4.03. The summed E-state index contributed by atoms with van der Waals surface area (Å²) in [5.41, 5.74) is 7.50. The molecule has 9 nitrogen and oxygen atoms in total. The van der Waals surface area contributed by atoms with E-state index in [4.69, 9.17) is 10.4 Å². The fourth-order valence-electron chi connectivity index (χ4n) is 3.08. The first-order chi connectivity index (χ1) is 13.6. The van der Waals surface area contributed by atoms with Crippen molar-refractivity contribution in [2.75, 3.05) is 11.9 Å². The summed E-state index contributed by atoms with van der Waals surface area (Å²) in [5, 5.41) is 20.3. The van der Waals surface area contributed by atoms with Gasteiger partial charge in [0, 0.05) is 6.54 Å². The van der Waals surface area contributed by atoms with Crippen molar-refractivity contribution >= 4 is 39.6 Å². The number of aromatic nitrogens is 2. The van der Waals surface area contributed by atoms with Crippen LogP contribution < -0.4 is 16.5 Å². The molecule has 1 heterocycles. The molecule has 0 aliphatic heterocycles. The monoisotopic (exact) mass is 469 g/mol. The lowest BCUT2D eigenvalue weighted by atomic mass is 9.80. The van der Waals surface area contributed by atoms with Crippen LogP contribution in [0.25, 0.3) is 0 Å². The molecule has 0 saturated heterocycles. The number of rotatable bonds is 8. The van der Waals surface area contributed by atoms with Crippen LogP contribution in [0.4, 0.5) is 15.9 Å². The van der Waals surface area contributed by atoms with Gasteiger partial charge in [0.25, 0.3) is 0 Å². The van der Waals surface area contributed by atoms with Gasteiger partial charge in [0.05, 0.1) is 22.0 Å². The summed E-state index contributed by atoms with van der Waals surface area (Å²) < 4.78 is 18.5. The molecule has 158 valence electrons. The smallest absolute Gasteiger partial charge is 0.202 e. The Morgan fingerprint density at radius 2 is 2.07 bits per heavy atom. The maximum absolute atomic E-state index is 13.4. The molecule has 0 amide bonds. The Kier molecular flexibility index (Phi) is 7.31. The molecular formula is C18H25BrFN7O2. The Labute approximate surface area is 176 Å². The van der Waals surface area contributed by atoms with Gasteiger partial charge in [0.15, 0.2) is 11.5 Å². The number of hydrogen-bond donors (Lipinski definition) is 4. The quantitative estimate of drug-likeness (QED) is 0.263. The lowest BCUT2D eigenvalue weighted by Crippen LogP contribution is -2.33. The van der Waals surface area contributed by atoms with Crippen LogP contribution in [0.3, 0.4) is 0 Å². The van der Waals surface area contributed by atoms with Crippen molar-refractivity contribution in [1.29, 1.82) is 0 Å². The second kappa shape index (κ2) is 9.31. The highest BCUT2D eigenvalue weighted by molar-refractivity contribution is 9.10. The van der Waals surface area contributed by atoms with Crippen LogP contribution in [-0.2, 0) is 0 Å². The molecule has 1 aromatic heterocycles. The maximum atomic E-state index is 13.4. The first-order valence-corrected chi connectivity index (χ1v) is 9.62. The first kappa shape index (κ1) is 22.8. The summed E-state index contributed by atoms with van der Waals surface area (Å²) in [6.45, 7) is 8.69. The molecular weight excluding hydrogens is 445 g/mol. The Balaban J connectivity index is 2.18. The van der Waals surface area contributed by atoms with Gasteiger partial charge in [-0.2, -0.15) is 0 Å². The molecule has 0 saturated carbocycles. The summed E-state index contributed by atoms with van der Waals surface area (Å²) in [6.07, 6.45) is 2.07. The van der Waals surface area contributed by atoms with E-state index < -0.39 is 5.82 Å². The minimum atomic E-state index is -0.419. The van der Waals surface area contributed by atoms with Crippen LogP contribution in [0.15, 0.2) is 37.3 Å². The number of anilines is 1. The molecule has 0 atom stereocenters. The summed E-state index contributed by atoms with van der Waals surface area (Å²) in [4.78, 5) is 8.53. The molecule has 11 heteroatoms. The number of aliphatic imine (C=N–C) groups is 2. The molecule has 0 unspecified atom stereocenters. The van der Waals surface area contributed by atoms with Crippen LogP contribution in [0.1, 0.15) is 39.8 Å². The molecule has 2 aromatic rings. The molecule has 0 spiro atoms. The summed E-state index contributed by atoms with van der Waals surface area (Å²) in [7, 11) is 0. The fraction of sp³-hybridized carbons (Fsp3) is 0.444. The van der Waals surface area contributed by atoms with Gasteiger partial charge in [0.1, 0.15) is 5.82 Å². The minimum absolute atomic E-state index is 0.00174. The number of amidine groups is 1. The predicted molar refractivity (Wildman–Crippen MR) is 113 cm³/mol. The normalized spacial score (nSPS) is 13.1. The van der Waals surface area contributed by atoms with Crippen LogP contribution >= 0.6 is 15.9 Å². The molecule has 2 rings (SSSR count). The zero-order chi connectivity index (χ0) is 21.7. The Morgan fingerprint density at radius 1 is 1.34 bits per heavy atom. The van der Waals surface area contributed by atoms with E-state index in [1.165, 1.54) is 24.5 Å². The van der Waals surface area contributed by atoms with E-state index in [0.717, 1.165) is 6.42 Å². The summed E-state index contributed by atoms with van der Waals surface area (Å²) in [6, 6.07) is 4.18. The topological polar surface area (TPSA) is 134 Å². The molecule has 0 aliphatic carbocycles. The molecule has 29 heavy (non-hydrogen) atoms. The van der Waals surface area contributed by atoms with Crippen LogP contribution in [0.5, 0.6) is 0 Å². The van der Waals surface area contributed by atoms with Gasteiger partial charge in [-0.05, 0) is 70.1 Å². The molecule has 0 aliphatic rings. The van der Waals surface area contributed by atoms with Crippen LogP contribution in [0.2, 0.25) is 0 Å². The van der Waals surface area contributed by atoms with E-state index in [1.54, 1.807) is 0 Å². The van der Waals surface area contributed by atoms with Crippen molar-refractivity contribution in [2.45, 2.75) is 39.7 Å². The van der Waals surface area contributed by atoms with Gasteiger partial charge in [-0.15, -0.1) is 0 Å². The lowest BCUT2D eigenvalue weighted by Gasteiger charge is -2.32. The largest absolute Gasteiger partial charge is 0.390 e. The highest BCUT2D eigenvalue weighted by Crippen LogP contribution is 2.30. The van der Waals surface area contributed by atoms with Gasteiger partial charge >= 0.3 is 0 Å². The van der Waals surface area contributed by atoms with Gasteiger partial charge in [-0.3, -0.25) is 15.7 Å². The van der Waals surface area contributed by atoms with Crippen molar-refractivity contribution < 1.29 is 14.2 Å². The number of halogens is 2. The average Bonchev–Trinajstić information content (AvgIpc) is 3.08. The molecule has 0 fully saturated rings. The zero-order valence-corrected chi connectivity index (χ0v) is 18.3. The van der Waals surface area contributed by atoms with E-state index in [2.05, 4.69) is 55.4 Å². The van der Waals surface area contributed by atoms with E-state index in [0.29, 0.717) is 18.1 Å². The van der Waals surface area contributed by atoms with Crippen molar-refractivity contribution in [3.8, 4) is 0 Å². The molecule has 1 aromatic carbocycles. The molecule has 0 radical (unpaired) electrons.